The van der Waals surface area contributed by atoms with Gasteiger partial charge in [0.05, 0.1) is 15.1 Å². The molecule has 0 saturated carbocycles. The molecule has 1 rings (SSSR count). The van der Waals surface area contributed by atoms with Crippen molar-refractivity contribution in [1.29, 1.82) is 0 Å². The Morgan fingerprint density at radius 2 is 2.00 bits per heavy atom. The Hall–Kier alpha value is -0.0600. The van der Waals surface area contributed by atoms with Crippen LogP contribution in [0.3, 0.4) is 0 Å². The Morgan fingerprint density at radius 1 is 1.42 bits per heavy atom. The van der Waals surface area contributed by atoms with Crippen molar-refractivity contribution in [3.63, 3.8) is 0 Å². The van der Waals surface area contributed by atoms with Crippen LogP contribution in [-0.4, -0.2) is 11.4 Å². The number of carbonyl (C=O) groups excluding carboxylic acids is 1. The third-order valence-corrected chi connectivity index (χ3v) is 2.94. The van der Waals surface area contributed by atoms with Crippen LogP contribution >= 0.6 is 43.5 Å². The highest BCUT2D eigenvalue weighted by molar-refractivity contribution is 9.11. The summed E-state index contributed by atoms with van der Waals surface area (Å²) in [5.74, 6) is -0.123. The van der Waals surface area contributed by atoms with E-state index in [0.29, 0.717) is 15.2 Å². The number of benzene rings is 1. The number of hydrogen-bond acceptors (Lipinski definition) is 2. The maximum Gasteiger partial charge on any atom is 0.152 e. The first-order chi connectivity index (χ1) is 5.57. The van der Waals surface area contributed by atoms with Gasteiger partial charge in [0.25, 0.3) is 0 Å². The molecule has 0 unspecified atom stereocenters. The van der Waals surface area contributed by atoms with Gasteiger partial charge in [-0.1, -0.05) is 11.6 Å². The fourth-order valence-corrected chi connectivity index (χ4v) is 2.43. The zero-order valence-electron chi connectivity index (χ0n) is 5.64. The number of phenolic OH excluding ortho intramolecular Hbond substituents is 1. The number of phenols is 1. The van der Waals surface area contributed by atoms with Crippen LogP contribution in [0.25, 0.3) is 0 Å². The lowest BCUT2D eigenvalue weighted by molar-refractivity contribution is 0.112. The molecule has 0 saturated heterocycles. The summed E-state index contributed by atoms with van der Waals surface area (Å²) in [6, 6.07) is 1.56. The van der Waals surface area contributed by atoms with Gasteiger partial charge in [0.1, 0.15) is 5.75 Å². The van der Waals surface area contributed by atoms with Gasteiger partial charge in [-0.2, -0.15) is 0 Å². The van der Waals surface area contributed by atoms with E-state index in [1.165, 1.54) is 0 Å². The predicted molar refractivity (Wildman–Crippen MR) is 53.9 cm³/mol. The normalized spacial score (nSPS) is 9.92. The maximum absolute atomic E-state index is 10.5. The Bertz CT molecular complexity index is 339. The van der Waals surface area contributed by atoms with Crippen LogP contribution in [0.2, 0.25) is 5.02 Å². The molecule has 2 nitrogen and oxygen atoms in total. The Morgan fingerprint density at radius 3 is 2.50 bits per heavy atom. The van der Waals surface area contributed by atoms with Gasteiger partial charge in [-0.15, -0.1) is 0 Å². The number of hydrogen-bond donors (Lipinski definition) is 1. The summed E-state index contributed by atoms with van der Waals surface area (Å²) in [6.07, 6.45) is 0.582. The van der Waals surface area contributed by atoms with E-state index in [-0.39, 0.29) is 16.3 Å². The molecule has 0 bridgehead atoms. The summed E-state index contributed by atoms with van der Waals surface area (Å²) < 4.78 is 0.997. The Kier molecular flexibility index (Phi) is 3.15. The van der Waals surface area contributed by atoms with Crippen molar-refractivity contribution in [3.8, 4) is 5.75 Å². The average Bonchev–Trinajstić information content (AvgIpc) is 2.01. The summed E-state index contributed by atoms with van der Waals surface area (Å²) in [4.78, 5) is 10.5. The molecule has 0 aliphatic heterocycles. The Balaban J connectivity index is 3.51. The van der Waals surface area contributed by atoms with Crippen LogP contribution in [0, 0.1) is 0 Å². The fraction of sp³-hybridized carbons (Fsp3) is 0. The molecule has 0 aliphatic carbocycles. The second-order valence-corrected chi connectivity index (χ2v) is 4.12. The minimum atomic E-state index is -0.123. The zero-order valence-corrected chi connectivity index (χ0v) is 9.57. The molecule has 0 amide bonds. The van der Waals surface area contributed by atoms with E-state index < -0.39 is 0 Å². The topological polar surface area (TPSA) is 37.3 Å². The molecule has 0 fully saturated rings. The standard InChI is InChI=1S/C7H3Br2ClO2/c8-4-1-5(9)7(12)6(10)3(4)2-11/h1-2,12H. The van der Waals surface area contributed by atoms with Gasteiger partial charge in [-0.3, -0.25) is 4.79 Å². The first-order valence-corrected chi connectivity index (χ1v) is 4.86. The van der Waals surface area contributed by atoms with Gasteiger partial charge in [-0.05, 0) is 37.9 Å². The number of carbonyl (C=O) groups is 1. The van der Waals surface area contributed by atoms with Crippen molar-refractivity contribution in [1.82, 2.24) is 0 Å². The second-order valence-electron chi connectivity index (χ2n) is 2.03. The van der Waals surface area contributed by atoms with Gasteiger partial charge >= 0.3 is 0 Å². The van der Waals surface area contributed by atoms with E-state index in [0.717, 1.165) is 0 Å². The predicted octanol–water partition coefficient (Wildman–Crippen LogP) is 3.38. The van der Waals surface area contributed by atoms with Crippen molar-refractivity contribution < 1.29 is 9.90 Å². The molecule has 64 valence electrons. The van der Waals surface area contributed by atoms with Crippen LogP contribution in [0.15, 0.2) is 15.0 Å². The summed E-state index contributed by atoms with van der Waals surface area (Å²) in [6.45, 7) is 0. The van der Waals surface area contributed by atoms with Gasteiger partial charge in [0.2, 0.25) is 0 Å². The SMILES string of the molecule is O=Cc1c(Br)cc(Br)c(O)c1Cl. The molecule has 0 radical (unpaired) electrons. The molecule has 1 N–H and O–H groups in total. The van der Waals surface area contributed by atoms with Crippen molar-refractivity contribution in [2.75, 3.05) is 0 Å². The molecule has 1 aromatic carbocycles. The number of aldehydes is 1. The highest BCUT2D eigenvalue weighted by Crippen LogP contribution is 2.38. The number of aromatic hydroxyl groups is 1. The summed E-state index contributed by atoms with van der Waals surface area (Å²) in [7, 11) is 0. The fourth-order valence-electron chi connectivity index (χ4n) is 0.703. The minimum Gasteiger partial charge on any atom is -0.505 e. The van der Waals surface area contributed by atoms with Crippen LogP contribution in [0.4, 0.5) is 0 Å². The van der Waals surface area contributed by atoms with Gasteiger partial charge in [0, 0.05) is 4.47 Å². The van der Waals surface area contributed by atoms with Crippen molar-refractivity contribution >= 4 is 49.7 Å². The van der Waals surface area contributed by atoms with E-state index in [2.05, 4.69) is 31.9 Å². The van der Waals surface area contributed by atoms with E-state index in [1.807, 2.05) is 0 Å². The lowest BCUT2D eigenvalue weighted by Gasteiger charge is -2.04. The van der Waals surface area contributed by atoms with Crippen LogP contribution in [0.1, 0.15) is 10.4 Å². The quantitative estimate of drug-likeness (QED) is 0.807. The van der Waals surface area contributed by atoms with Crippen LogP contribution < -0.4 is 0 Å². The summed E-state index contributed by atoms with van der Waals surface area (Å²) >= 11 is 11.9. The van der Waals surface area contributed by atoms with Crippen LogP contribution in [-0.2, 0) is 0 Å². The summed E-state index contributed by atoms with van der Waals surface area (Å²) in [5, 5.41) is 9.33. The van der Waals surface area contributed by atoms with Crippen molar-refractivity contribution in [2.45, 2.75) is 0 Å². The van der Waals surface area contributed by atoms with E-state index in [9.17, 15) is 9.90 Å². The molecule has 5 heteroatoms. The first-order valence-electron chi connectivity index (χ1n) is 2.89. The molecule has 0 atom stereocenters. The van der Waals surface area contributed by atoms with Crippen LogP contribution in [0.5, 0.6) is 5.75 Å². The average molecular weight is 314 g/mol. The third-order valence-electron chi connectivity index (χ3n) is 1.30. The monoisotopic (exact) mass is 312 g/mol. The highest BCUT2D eigenvalue weighted by atomic mass is 79.9. The van der Waals surface area contributed by atoms with Crippen molar-refractivity contribution in [3.05, 3.63) is 25.6 Å². The lowest BCUT2D eigenvalue weighted by atomic mass is 10.2. The molecule has 0 heterocycles. The first kappa shape index (κ1) is 10.0. The van der Waals surface area contributed by atoms with Gasteiger partial charge in [-0.25, -0.2) is 0 Å². The molecule has 12 heavy (non-hydrogen) atoms. The molecule has 1 aromatic rings. The molecular weight excluding hydrogens is 311 g/mol. The molecule has 0 aromatic heterocycles. The number of halogens is 3. The third kappa shape index (κ3) is 1.65. The Labute approximate surface area is 90.8 Å². The highest BCUT2D eigenvalue weighted by Gasteiger charge is 2.12. The van der Waals surface area contributed by atoms with E-state index in [4.69, 9.17) is 11.6 Å². The lowest BCUT2D eigenvalue weighted by Crippen LogP contribution is -1.85. The molecule has 0 aliphatic rings. The summed E-state index contributed by atoms with van der Waals surface area (Å²) in [5.41, 5.74) is 0.248. The molecule has 0 spiro atoms. The second kappa shape index (κ2) is 3.77. The maximum atomic E-state index is 10.5. The van der Waals surface area contributed by atoms with E-state index in [1.54, 1.807) is 6.07 Å². The largest absolute Gasteiger partial charge is 0.505 e. The van der Waals surface area contributed by atoms with Gasteiger partial charge < -0.3 is 5.11 Å². The number of rotatable bonds is 1. The minimum absolute atomic E-state index is 0.0475. The molecular formula is C7H3Br2ClO2. The van der Waals surface area contributed by atoms with Crippen molar-refractivity contribution in [2.24, 2.45) is 0 Å². The van der Waals surface area contributed by atoms with E-state index >= 15 is 0 Å². The zero-order chi connectivity index (χ0) is 9.30. The smallest absolute Gasteiger partial charge is 0.152 e. The van der Waals surface area contributed by atoms with Gasteiger partial charge in [0.15, 0.2) is 6.29 Å².